The molecule has 0 atom stereocenters. The topological polar surface area (TPSA) is 28.2 Å². The first-order valence-corrected chi connectivity index (χ1v) is 9.38. The van der Waals surface area contributed by atoms with Gasteiger partial charge >= 0.3 is 0 Å². The van der Waals surface area contributed by atoms with E-state index in [-0.39, 0.29) is 0 Å². The fourth-order valence-corrected chi connectivity index (χ4v) is 3.52. The SMILES string of the molecule is CCCc1nc(N(CCC)CCC)sc1CNCC(C)C. The van der Waals surface area contributed by atoms with Crippen LogP contribution >= 0.6 is 11.3 Å². The highest BCUT2D eigenvalue weighted by molar-refractivity contribution is 7.15. The maximum atomic E-state index is 4.94. The van der Waals surface area contributed by atoms with Crippen LogP contribution in [0.4, 0.5) is 5.13 Å². The number of rotatable bonds is 11. The molecule has 0 bridgehead atoms. The second-order valence-corrected chi connectivity index (χ2v) is 7.19. The second kappa shape index (κ2) is 10.2. The van der Waals surface area contributed by atoms with Crippen molar-refractivity contribution in [2.45, 2.75) is 66.8 Å². The summed E-state index contributed by atoms with van der Waals surface area (Å²) in [5, 5.41) is 4.79. The Balaban J connectivity index is 2.80. The average molecular weight is 312 g/mol. The van der Waals surface area contributed by atoms with E-state index in [1.807, 2.05) is 11.3 Å². The van der Waals surface area contributed by atoms with Crippen molar-refractivity contribution in [3.63, 3.8) is 0 Å². The van der Waals surface area contributed by atoms with Gasteiger partial charge in [-0.05, 0) is 31.7 Å². The molecule has 1 heterocycles. The number of anilines is 1. The van der Waals surface area contributed by atoms with Crippen LogP contribution in [0.3, 0.4) is 0 Å². The molecule has 4 heteroatoms. The van der Waals surface area contributed by atoms with E-state index >= 15 is 0 Å². The lowest BCUT2D eigenvalue weighted by atomic mass is 10.2. The van der Waals surface area contributed by atoms with Crippen molar-refractivity contribution in [3.05, 3.63) is 10.6 Å². The Morgan fingerprint density at radius 1 is 1.10 bits per heavy atom. The summed E-state index contributed by atoms with van der Waals surface area (Å²) >= 11 is 1.89. The van der Waals surface area contributed by atoms with Gasteiger partial charge in [0.25, 0.3) is 0 Å². The van der Waals surface area contributed by atoms with E-state index in [4.69, 9.17) is 4.98 Å². The van der Waals surface area contributed by atoms with Crippen LogP contribution in [0.15, 0.2) is 0 Å². The zero-order chi connectivity index (χ0) is 15.7. The molecule has 1 N–H and O–H groups in total. The minimum Gasteiger partial charge on any atom is -0.348 e. The average Bonchev–Trinajstić information content (AvgIpc) is 2.82. The van der Waals surface area contributed by atoms with Crippen molar-refractivity contribution in [1.82, 2.24) is 10.3 Å². The van der Waals surface area contributed by atoms with Gasteiger partial charge in [-0.15, -0.1) is 11.3 Å². The summed E-state index contributed by atoms with van der Waals surface area (Å²) in [6.45, 7) is 15.5. The largest absolute Gasteiger partial charge is 0.348 e. The first-order chi connectivity index (χ1) is 10.1. The summed E-state index contributed by atoms with van der Waals surface area (Å²) in [6.07, 6.45) is 4.64. The molecule has 0 saturated heterocycles. The van der Waals surface area contributed by atoms with Gasteiger partial charge in [0.2, 0.25) is 0 Å². The zero-order valence-electron chi connectivity index (χ0n) is 14.5. The molecular formula is C17H33N3S. The lowest BCUT2D eigenvalue weighted by Crippen LogP contribution is -2.24. The molecule has 0 aromatic carbocycles. The van der Waals surface area contributed by atoms with Crippen molar-refractivity contribution < 1.29 is 0 Å². The van der Waals surface area contributed by atoms with E-state index in [1.54, 1.807) is 0 Å². The van der Waals surface area contributed by atoms with Crippen LogP contribution in [0.2, 0.25) is 0 Å². The van der Waals surface area contributed by atoms with Gasteiger partial charge in [0, 0.05) is 24.5 Å². The van der Waals surface area contributed by atoms with Crippen molar-refractivity contribution in [2.24, 2.45) is 5.92 Å². The third-order valence-electron chi connectivity index (χ3n) is 3.35. The van der Waals surface area contributed by atoms with Crippen molar-refractivity contribution >= 4 is 16.5 Å². The molecule has 21 heavy (non-hydrogen) atoms. The molecule has 1 aromatic rings. The molecule has 1 aromatic heterocycles. The Morgan fingerprint density at radius 2 is 1.76 bits per heavy atom. The van der Waals surface area contributed by atoms with Crippen LogP contribution in [-0.4, -0.2) is 24.6 Å². The molecular weight excluding hydrogens is 278 g/mol. The Labute approximate surface area is 135 Å². The zero-order valence-corrected chi connectivity index (χ0v) is 15.4. The standard InChI is InChI=1S/C17H33N3S/c1-6-9-15-16(13-18-12-14(4)5)21-17(19-15)20(10-7-2)11-8-3/h14,18H,6-13H2,1-5H3. The van der Waals surface area contributed by atoms with Crippen LogP contribution in [0.1, 0.15) is 64.5 Å². The lowest BCUT2D eigenvalue weighted by molar-refractivity contribution is 0.553. The number of nitrogens with one attached hydrogen (secondary N) is 1. The molecule has 0 radical (unpaired) electrons. The summed E-state index contributed by atoms with van der Waals surface area (Å²) in [4.78, 5) is 8.83. The van der Waals surface area contributed by atoms with E-state index in [2.05, 4.69) is 44.8 Å². The first-order valence-electron chi connectivity index (χ1n) is 8.56. The summed E-state index contributed by atoms with van der Waals surface area (Å²) < 4.78 is 0. The summed E-state index contributed by atoms with van der Waals surface area (Å²) in [5.41, 5.74) is 1.31. The smallest absolute Gasteiger partial charge is 0.185 e. The van der Waals surface area contributed by atoms with E-state index < -0.39 is 0 Å². The number of aryl methyl sites for hydroxylation is 1. The predicted molar refractivity (Wildman–Crippen MR) is 95.4 cm³/mol. The van der Waals surface area contributed by atoms with Gasteiger partial charge in [-0.1, -0.05) is 41.0 Å². The Kier molecular flexibility index (Phi) is 8.93. The summed E-state index contributed by atoms with van der Waals surface area (Å²) in [6, 6.07) is 0. The van der Waals surface area contributed by atoms with Gasteiger partial charge in [0.1, 0.15) is 0 Å². The van der Waals surface area contributed by atoms with E-state index in [0.717, 1.165) is 32.6 Å². The van der Waals surface area contributed by atoms with E-state index in [9.17, 15) is 0 Å². The molecule has 0 aliphatic rings. The molecule has 0 amide bonds. The molecule has 0 unspecified atom stereocenters. The lowest BCUT2D eigenvalue weighted by Gasteiger charge is -2.20. The number of hydrogen-bond donors (Lipinski definition) is 1. The highest BCUT2D eigenvalue weighted by Gasteiger charge is 2.15. The fraction of sp³-hybridized carbons (Fsp3) is 0.824. The molecule has 3 nitrogen and oxygen atoms in total. The van der Waals surface area contributed by atoms with Gasteiger partial charge in [-0.3, -0.25) is 0 Å². The Hall–Kier alpha value is -0.610. The van der Waals surface area contributed by atoms with Crippen molar-refractivity contribution in [1.29, 1.82) is 0 Å². The molecule has 0 aliphatic heterocycles. The molecule has 0 spiro atoms. The van der Waals surface area contributed by atoms with Crippen molar-refractivity contribution in [3.8, 4) is 0 Å². The van der Waals surface area contributed by atoms with Crippen molar-refractivity contribution in [2.75, 3.05) is 24.5 Å². The molecule has 1 rings (SSSR count). The summed E-state index contributed by atoms with van der Waals surface area (Å²) in [5.74, 6) is 0.698. The molecule has 0 fully saturated rings. The van der Waals surface area contributed by atoms with Gasteiger partial charge in [-0.2, -0.15) is 0 Å². The van der Waals surface area contributed by atoms with Crippen LogP contribution in [0.25, 0.3) is 0 Å². The highest BCUT2D eigenvalue weighted by Crippen LogP contribution is 2.27. The predicted octanol–water partition coefficient (Wildman–Crippen LogP) is 4.47. The third-order valence-corrected chi connectivity index (χ3v) is 4.51. The maximum absolute atomic E-state index is 4.94. The highest BCUT2D eigenvalue weighted by atomic mass is 32.1. The number of hydrogen-bond acceptors (Lipinski definition) is 4. The molecule has 0 aliphatic carbocycles. The second-order valence-electron chi connectivity index (χ2n) is 6.13. The maximum Gasteiger partial charge on any atom is 0.185 e. The minimum absolute atomic E-state index is 0.698. The monoisotopic (exact) mass is 311 g/mol. The van der Waals surface area contributed by atoms with E-state index in [1.165, 1.54) is 35.0 Å². The quantitative estimate of drug-likeness (QED) is 0.653. The van der Waals surface area contributed by atoms with E-state index in [0.29, 0.717) is 5.92 Å². The van der Waals surface area contributed by atoms with Gasteiger partial charge in [-0.25, -0.2) is 4.98 Å². The Bertz CT molecular complexity index is 381. The van der Waals surface area contributed by atoms with Gasteiger partial charge < -0.3 is 10.2 Å². The third kappa shape index (κ3) is 6.35. The summed E-state index contributed by atoms with van der Waals surface area (Å²) in [7, 11) is 0. The molecule has 122 valence electrons. The number of nitrogens with zero attached hydrogens (tertiary/aromatic N) is 2. The first kappa shape index (κ1) is 18.4. The molecule has 0 saturated carbocycles. The van der Waals surface area contributed by atoms with Crippen LogP contribution < -0.4 is 10.2 Å². The fourth-order valence-electron chi connectivity index (χ4n) is 2.39. The van der Waals surface area contributed by atoms with Crippen LogP contribution in [-0.2, 0) is 13.0 Å². The van der Waals surface area contributed by atoms with Crippen LogP contribution in [0, 0.1) is 5.92 Å². The number of thiazole rings is 1. The normalized spacial score (nSPS) is 11.3. The Morgan fingerprint density at radius 3 is 2.29 bits per heavy atom. The van der Waals surface area contributed by atoms with Gasteiger partial charge in [0.05, 0.1) is 5.69 Å². The minimum atomic E-state index is 0.698. The van der Waals surface area contributed by atoms with Crippen LogP contribution in [0.5, 0.6) is 0 Å². The number of aromatic nitrogens is 1. The van der Waals surface area contributed by atoms with Gasteiger partial charge in [0.15, 0.2) is 5.13 Å².